The summed E-state index contributed by atoms with van der Waals surface area (Å²) in [6.45, 7) is 0.102. The molecule has 1 amide bonds. The van der Waals surface area contributed by atoms with Crippen LogP contribution in [0.3, 0.4) is 0 Å². The number of nitrogens with zero attached hydrogens (tertiary/aromatic N) is 1. The Morgan fingerprint density at radius 3 is 2.39 bits per heavy atom. The van der Waals surface area contributed by atoms with Crippen molar-refractivity contribution in [3.05, 3.63) is 81.0 Å². The number of amides is 1. The van der Waals surface area contributed by atoms with Crippen LogP contribution in [0.25, 0.3) is 21.3 Å². The van der Waals surface area contributed by atoms with Crippen LogP contribution in [0.5, 0.6) is 0 Å². The van der Waals surface area contributed by atoms with Gasteiger partial charge in [0.2, 0.25) is 5.95 Å². The average molecular weight is 433 g/mol. The number of anilines is 1. The summed E-state index contributed by atoms with van der Waals surface area (Å²) in [6, 6.07) is 15.9. The normalized spacial score (nSPS) is 12.4. The highest BCUT2D eigenvalue weighted by Gasteiger charge is 2.29. The number of carboxylic acids is 1. The number of carbonyl (C=O) groups is 2. The number of benzene rings is 2. The van der Waals surface area contributed by atoms with Crippen molar-refractivity contribution in [3.8, 4) is 11.1 Å². The molecule has 2 aromatic carbocycles. The van der Waals surface area contributed by atoms with Gasteiger partial charge >= 0.3 is 12.1 Å². The molecule has 4 aromatic rings. The van der Waals surface area contributed by atoms with Gasteiger partial charge in [-0.25, -0.2) is 14.6 Å². The quantitative estimate of drug-likeness (QED) is 0.447. The summed E-state index contributed by atoms with van der Waals surface area (Å²) in [5, 5.41) is 13.0. The molecule has 3 N–H and O–H groups in total. The monoisotopic (exact) mass is 433 g/mol. The van der Waals surface area contributed by atoms with Crippen molar-refractivity contribution in [3.63, 3.8) is 0 Å². The smallest absolute Gasteiger partial charge is 0.414 e. The highest BCUT2D eigenvalue weighted by Crippen LogP contribution is 2.44. The standard InChI is InChI=1S/C22H15N3O5S/c26-19-18-17(16(10-31-18)20(27)28)23-21(24-19)25-22(29)30-9-15-13-7-3-1-5-11(13)12-6-2-4-8-14(12)15/h1-8,10,15H,9H2,(H,27,28)(H2,23,24,25,26,29). The van der Waals surface area contributed by atoms with Gasteiger partial charge in [0.1, 0.15) is 16.8 Å². The molecular weight excluding hydrogens is 418 g/mol. The number of thiophene rings is 1. The maximum Gasteiger partial charge on any atom is 0.414 e. The molecule has 0 aliphatic heterocycles. The predicted molar refractivity (Wildman–Crippen MR) is 116 cm³/mol. The van der Waals surface area contributed by atoms with Crippen molar-refractivity contribution >= 4 is 39.6 Å². The first-order valence-electron chi connectivity index (χ1n) is 9.39. The zero-order valence-corrected chi connectivity index (χ0v) is 16.7. The number of ether oxygens (including phenoxy) is 1. The molecule has 31 heavy (non-hydrogen) atoms. The lowest BCUT2D eigenvalue weighted by Crippen LogP contribution is -2.21. The molecule has 0 unspecified atom stereocenters. The molecule has 5 rings (SSSR count). The van der Waals surface area contributed by atoms with Gasteiger partial charge in [-0.1, -0.05) is 48.5 Å². The number of aromatic nitrogens is 2. The van der Waals surface area contributed by atoms with Crippen LogP contribution in [-0.4, -0.2) is 33.7 Å². The van der Waals surface area contributed by atoms with Gasteiger partial charge in [-0.3, -0.25) is 15.1 Å². The number of hydrogen-bond acceptors (Lipinski definition) is 6. The van der Waals surface area contributed by atoms with E-state index in [9.17, 15) is 19.5 Å². The molecule has 0 fully saturated rings. The molecule has 2 heterocycles. The molecular formula is C22H15N3O5S. The molecule has 154 valence electrons. The number of aromatic carboxylic acids is 1. The third-order valence-corrected chi connectivity index (χ3v) is 6.19. The van der Waals surface area contributed by atoms with Crippen molar-refractivity contribution in [2.75, 3.05) is 11.9 Å². The Hall–Kier alpha value is -3.98. The summed E-state index contributed by atoms with van der Waals surface area (Å²) in [5.74, 6) is -1.48. The number of H-pyrrole nitrogens is 1. The second-order valence-electron chi connectivity index (χ2n) is 7.00. The van der Waals surface area contributed by atoms with Crippen molar-refractivity contribution < 1.29 is 19.4 Å². The zero-order valence-electron chi connectivity index (χ0n) is 15.9. The topological polar surface area (TPSA) is 121 Å². The highest BCUT2D eigenvalue weighted by molar-refractivity contribution is 7.17. The highest BCUT2D eigenvalue weighted by atomic mass is 32.1. The Balaban J connectivity index is 1.36. The van der Waals surface area contributed by atoms with E-state index in [1.807, 2.05) is 48.5 Å². The Morgan fingerprint density at radius 2 is 1.74 bits per heavy atom. The van der Waals surface area contributed by atoms with Gasteiger partial charge in [-0.15, -0.1) is 11.3 Å². The largest absolute Gasteiger partial charge is 0.478 e. The van der Waals surface area contributed by atoms with Gasteiger partial charge in [0.15, 0.2) is 0 Å². The van der Waals surface area contributed by atoms with E-state index in [-0.39, 0.29) is 34.3 Å². The van der Waals surface area contributed by atoms with Gasteiger partial charge in [0, 0.05) is 11.3 Å². The molecule has 9 heteroatoms. The van der Waals surface area contributed by atoms with Crippen LogP contribution in [0.4, 0.5) is 10.7 Å². The number of rotatable bonds is 4. The summed E-state index contributed by atoms with van der Waals surface area (Å²) in [7, 11) is 0. The first kappa shape index (κ1) is 19.0. The maximum absolute atomic E-state index is 12.4. The van der Waals surface area contributed by atoms with Gasteiger partial charge in [0.05, 0.1) is 5.56 Å². The maximum atomic E-state index is 12.4. The minimum atomic E-state index is -1.20. The summed E-state index contributed by atoms with van der Waals surface area (Å²) >= 11 is 0.979. The first-order chi connectivity index (χ1) is 15.0. The van der Waals surface area contributed by atoms with E-state index in [0.717, 1.165) is 33.6 Å². The molecule has 2 aromatic heterocycles. The van der Waals surface area contributed by atoms with Gasteiger partial charge < -0.3 is 9.84 Å². The lowest BCUT2D eigenvalue weighted by atomic mass is 9.98. The summed E-state index contributed by atoms with van der Waals surface area (Å²) in [5.41, 5.74) is 3.78. The van der Waals surface area contributed by atoms with E-state index in [1.54, 1.807) is 0 Å². The Bertz CT molecular complexity index is 1360. The van der Waals surface area contributed by atoms with E-state index < -0.39 is 17.6 Å². The van der Waals surface area contributed by atoms with Crippen LogP contribution in [-0.2, 0) is 4.74 Å². The number of carboxylic acid groups (broad SMARTS) is 1. The fourth-order valence-electron chi connectivity index (χ4n) is 3.87. The van der Waals surface area contributed by atoms with Crippen molar-refractivity contribution in [2.45, 2.75) is 5.92 Å². The zero-order chi connectivity index (χ0) is 21.5. The fourth-order valence-corrected chi connectivity index (χ4v) is 4.74. The molecule has 1 aliphatic carbocycles. The SMILES string of the molecule is O=C(Nc1nc2c(C(=O)O)csc2c(=O)[nH]1)OCC1c2ccccc2-c2ccccc21. The lowest BCUT2D eigenvalue weighted by Gasteiger charge is -2.14. The van der Waals surface area contributed by atoms with Crippen LogP contribution in [0.2, 0.25) is 0 Å². The fraction of sp³-hybridized carbons (Fsp3) is 0.0909. The van der Waals surface area contributed by atoms with Crippen LogP contribution >= 0.6 is 11.3 Å². The van der Waals surface area contributed by atoms with Crippen LogP contribution < -0.4 is 10.9 Å². The van der Waals surface area contributed by atoms with E-state index in [1.165, 1.54) is 5.38 Å². The summed E-state index contributed by atoms with van der Waals surface area (Å²) in [4.78, 5) is 42.4. The number of carbonyl (C=O) groups excluding carboxylic acids is 1. The molecule has 0 saturated heterocycles. The third kappa shape index (κ3) is 3.24. The van der Waals surface area contributed by atoms with Gasteiger partial charge in [-0.05, 0) is 22.3 Å². The van der Waals surface area contributed by atoms with Crippen LogP contribution in [0, 0.1) is 0 Å². The lowest BCUT2D eigenvalue weighted by molar-refractivity contribution is 0.0699. The number of fused-ring (bicyclic) bond motifs is 4. The van der Waals surface area contributed by atoms with Gasteiger partial charge in [-0.2, -0.15) is 0 Å². The average Bonchev–Trinajstić information content (AvgIpc) is 3.32. The van der Waals surface area contributed by atoms with Crippen LogP contribution in [0.15, 0.2) is 58.7 Å². The Morgan fingerprint density at radius 1 is 1.10 bits per heavy atom. The minimum absolute atomic E-state index is 0.0233. The van der Waals surface area contributed by atoms with Gasteiger partial charge in [0.25, 0.3) is 5.56 Å². The third-order valence-electron chi connectivity index (χ3n) is 5.22. The Labute approximate surface area is 179 Å². The second-order valence-corrected chi connectivity index (χ2v) is 7.88. The van der Waals surface area contributed by atoms with Crippen molar-refractivity contribution in [2.24, 2.45) is 0 Å². The second kappa shape index (κ2) is 7.37. The van der Waals surface area contributed by atoms with Crippen molar-refractivity contribution in [1.82, 2.24) is 9.97 Å². The van der Waals surface area contributed by atoms with E-state index >= 15 is 0 Å². The van der Waals surface area contributed by atoms with Crippen molar-refractivity contribution in [1.29, 1.82) is 0 Å². The molecule has 8 nitrogen and oxygen atoms in total. The van der Waals surface area contributed by atoms with Crippen LogP contribution in [0.1, 0.15) is 27.4 Å². The molecule has 0 atom stereocenters. The first-order valence-corrected chi connectivity index (χ1v) is 10.3. The summed E-state index contributed by atoms with van der Waals surface area (Å²) < 4.78 is 5.61. The number of nitrogens with one attached hydrogen (secondary N) is 2. The predicted octanol–water partition coefficient (Wildman–Crippen LogP) is 4.04. The number of hydrogen-bond donors (Lipinski definition) is 3. The molecule has 0 bridgehead atoms. The van der Waals surface area contributed by atoms with E-state index in [2.05, 4.69) is 15.3 Å². The Kier molecular flexibility index (Phi) is 4.52. The summed E-state index contributed by atoms with van der Waals surface area (Å²) in [6.07, 6.45) is -0.795. The minimum Gasteiger partial charge on any atom is -0.478 e. The molecule has 0 saturated carbocycles. The molecule has 1 aliphatic rings. The van der Waals surface area contributed by atoms with E-state index in [0.29, 0.717) is 0 Å². The molecule has 0 spiro atoms. The number of aromatic amines is 1. The van der Waals surface area contributed by atoms with E-state index in [4.69, 9.17) is 4.74 Å². The molecule has 0 radical (unpaired) electrons.